The number of pyridine rings is 1. The number of alkyl halides is 3. The van der Waals surface area contributed by atoms with E-state index in [1.807, 2.05) is 0 Å². The van der Waals surface area contributed by atoms with E-state index < -0.39 is 23.3 Å². The molecule has 1 aliphatic heterocycles. The summed E-state index contributed by atoms with van der Waals surface area (Å²) in [6.07, 6.45) is -2.77. The molecule has 4 rings (SSSR count). The smallest absolute Gasteiger partial charge is 0.332 e. The van der Waals surface area contributed by atoms with Crippen LogP contribution < -0.4 is 0 Å². The fourth-order valence-corrected chi connectivity index (χ4v) is 3.31. The van der Waals surface area contributed by atoms with Crippen LogP contribution >= 0.6 is 0 Å². The van der Waals surface area contributed by atoms with Crippen molar-refractivity contribution in [1.29, 1.82) is 5.26 Å². The number of aromatic nitrogens is 4. The van der Waals surface area contributed by atoms with Crippen LogP contribution in [-0.2, 0) is 30.6 Å². The van der Waals surface area contributed by atoms with Crippen LogP contribution in [0.2, 0.25) is 0 Å². The normalized spacial score (nSPS) is 13.2. The van der Waals surface area contributed by atoms with Crippen molar-refractivity contribution in [3.63, 3.8) is 0 Å². The van der Waals surface area contributed by atoms with Gasteiger partial charge in [0.25, 0.3) is 5.82 Å². The zero-order chi connectivity index (χ0) is 21.5. The summed E-state index contributed by atoms with van der Waals surface area (Å²) in [5, 5.41) is 12.6. The van der Waals surface area contributed by atoms with Gasteiger partial charge in [-0.25, -0.2) is 14.1 Å². The molecule has 0 saturated heterocycles. The van der Waals surface area contributed by atoms with Crippen LogP contribution in [0.4, 0.5) is 17.6 Å². The maximum atomic E-state index is 14.3. The number of hydrogen-bond acceptors (Lipinski definition) is 5. The first-order chi connectivity index (χ1) is 14.3. The summed E-state index contributed by atoms with van der Waals surface area (Å²) in [7, 11) is 0. The summed E-state index contributed by atoms with van der Waals surface area (Å²) < 4.78 is 55.3. The summed E-state index contributed by atoms with van der Waals surface area (Å²) in [4.78, 5) is 21.0. The number of rotatable bonds is 3. The highest BCUT2D eigenvalue weighted by Gasteiger charge is 2.37. The molecule has 7 nitrogen and oxygen atoms in total. The Morgan fingerprint density at radius 1 is 1.17 bits per heavy atom. The van der Waals surface area contributed by atoms with Crippen molar-refractivity contribution in [1.82, 2.24) is 24.6 Å². The van der Waals surface area contributed by atoms with E-state index in [0.717, 1.165) is 17.8 Å². The predicted molar refractivity (Wildman–Crippen MR) is 93.6 cm³/mol. The first-order valence-corrected chi connectivity index (χ1v) is 8.67. The maximum Gasteiger partial charge on any atom is 0.434 e. The van der Waals surface area contributed by atoms with Gasteiger partial charge in [0.1, 0.15) is 24.8 Å². The van der Waals surface area contributed by atoms with Crippen molar-refractivity contribution in [2.75, 3.05) is 0 Å². The molecule has 1 aliphatic rings. The SMILES string of the molecule is N#Cc1ncn(CC(=O)N2Cc3ccc(-c4c(F)ccnc4C(F)(F)F)cc3C2)n1. The fourth-order valence-electron chi connectivity index (χ4n) is 3.31. The Morgan fingerprint density at radius 2 is 1.93 bits per heavy atom. The van der Waals surface area contributed by atoms with Gasteiger partial charge in [0, 0.05) is 24.8 Å². The summed E-state index contributed by atoms with van der Waals surface area (Å²) >= 11 is 0. The molecule has 1 amide bonds. The molecule has 0 aliphatic carbocycles. The van der Waals surface area contributed by atoms with Crippen molar-refractivity contribution in [2.24, 2.45) is 0 Å². The van der Waals surface area contributed by atoms with E-state index in [1.54, 1.807) is 12.1 Å². The Kier molecular flexibility index (Phi) is 4.69. The average molecular weight is 416 g/mol. The molecule has 0 N–H and O–H groups in total. The molecular weight excluding hydrogens is 404 g/mol. The van der Waals surface area contributed by atoms with Gasteiger partial charge in [-0.3, -0.25) is 9.78 Å². The third kappa shape index (κ3) is 3.59. The molecule has 0 unspecified atom stereocenters. The first kappa shape index (κ1) is 19.5. The van der Waals surface area contributed by atoms with E-state index in [2.05, 4.69) is 15.1 Å². The van der Waals surface area contributed by atoms with Gasteiger partial charge in [0.05, 0.1) is 0 Å². The molecule has 11 heteroatoms. The first-order valence-electron chi connectivity index (χ1n) is 8.67. The molecule has 3 heterocycles. The van der Waals surface area contributed by atoms with Gasteiger partial charge in [-0.15, -0.1) is 5.10 Å². The van der Waals surface area contributed by atoms with E-state index in [9.17, 15) is 22.4 Å². The van der Waals surface area contributed by atoms with Crippen molar-refractivity contribution in [3.05, 3.63) is 65.3 Å². The Morgan fingerprint density at radius 3 is 2.63 bits per heavy atom. The monoisotopic (exact) mass is 416 g/mol. The lowest BCUT2D eigenvalue weighted by Gasteiger charge is -2.15. The largest absolute Gasteiger partial charge is 0.434 e. The number of carbonyl (C=O) groups is 1. The summed E-state index contributed by atoms with van der Waals surface area (Å²) in [5.74, 6) is -1.38. The molecule has 30 heavy (non-hydrogen) atoms. The third-order valence-corrected chi connectivity index (χ3v) is 4.67. The quantitative estimate of drug-likeness (QED) is 0.613. The van der Waals surface area contributed by atoms with Crippen LogP contribution in [0.3, 0.4) is 0 Å². The Balaban J connectivity index is 1.58. The van der Waals surface area contributed by atoms with E-state index in [0.29, 0.717) is 5.56 Å². The molecule has 0 spiro atoms. The number of carbonyl (C=O) groups excluding carboxylic acids is 1. The molecule has 0 fully saturated rings. The minimum Gasteiger partial charge on any atom is -0.332 e. The third-order valence-electron chi connectivity index (χ3n) is 4.67. The zero-order valence-corrected chi connectivity index (χ0v) is 15.2. The van der Waals surface area contributed by atoms with E-state index in [4.69, 9.17) is 5.26 Å². The summed E-state index contributed by atoms with van der Waals surface area (Å²) in [6, 6.07) is 7.05. The highest BCUT2D eigenvalue weighted by atomic mass is 19.4. The molecule has 0 radical (unpaired) electrons. The lowest BCUT2D eigenvalue weighted by atomic mass is 9.98. The van der Waals surface area contributed by atoms with Gasteiger partial charge in [-0.05, 0) is 28.8 Å². The molecular formula is C19H12F4N6O. The number of benzene rings is 1. The molecule has 152 valence electrons. The van der Waals surface area contributed by atoms with Crippen LogP contribution in [-0.4, -0.2) is 30.6 Å². The minimum atomic E-state index is -4.81. The van der Waals surface area contributed by atoms with E-state index in [-0.39, 0.29) is 36.9 Å². The lowest BCUT2D eigenvalue weighted by Crippen LogP contribution is -2.29. The topological polar surface area (TPSA) is 87.7 Å². The Labute approximate surface area is 167 Å². The molecule has 1 aromatic carbocycles. The van der Waals surface area contributed by atoms with E-state index in [1.165, 1.54) is 28.0 Å². The number of amides is 1. The van der Waals surface area contributed by atoms with Crippen LogP contribution in [0.25, 0.3) is 11.1 Å². The molecule has 2 aromatic heterocycles. The number of hydrogen-bond donors (Lipinski definition) is 0. The van der Waals surface area contributed by atoms with Gasteiger partial charge in [-0.1, -0.05) is 12.1 Å². The standard InChI is InChI=1S/C19H12F4N6O/c20-14-3-4-25-18(19(21,22)23)17(14)11-1-2-12-7-28(8-13(12)5-11)16(30)9-29-10-26-15(6-24)27-29/h1-5,10H,7-9H2. The second-order valence-corrected chi connectivity index (χ2v) is 6.62. The highest BCUT2D eigenvalue weighted by molar-refractivity contribution is 5.77. The van der Waals surface area contributed by atoms with Crippen molar-refractivity contribution in [2.45, 2.75) is 25.8 Å². The van der Waals surface area contributed by atoms with Crippen LogP contribution in [0.1, 0.15) is 22.6 Å². The van der Waals surface area contributed by atoms with Gasteiger partial charge >= 0.3 is 6.18 Å². The predicted octanol–water partition coefficient (Wildman–Crippen LogP) is 2.91. The molecule has 3 aromatic rings. The van der Waals surface area contributed by atoms with Gasteiger partial charge in [0.2, 0.25) is 5.91 Å². The number of nitrogens with zero attached hydrogens (tertiary/aromatic N) is 6. The number of fused-ring (bicyclic) bond motifs is 1. The van der Waals surface area contributed by atoms with Gasteiger partial charge in [0.15, 0.2) is 5.69 Å². The highest BCUT2D eigenvalue weighted by Crippen LogP contribution is 2.38. The zero-order valence-electron chi connectivity index (χ0n) is 15.2. The second-order valence-electron chi connectivity index (χ2n) is 6.62. The average Bonchev–Trinajstić information content (AvgIpc) is 3.33. The van der Waals surface area contributed by atoms with Crippen molar-refractivity contribution >= 4 is 5.91 Å². The fraction of sp³-hybridized carbons (Fsp3) is 0.211. The lowest BCUT2D eigenvalue weighted by molar-refractivity contribution is -0.140. The summed E-state index contributed by atoms with van der Waals surface area (Å²) in [6.45, 7) is 0.284. The molecule has 0 saturated carbocycles. The Bertz CT molecular complexity index is 1180. The number of halogens is 4. The van der Waals surface area contributed by atoms with E-state index >= 15 is 0 Å². The second kappa shape index (κ2) is 7.22. The van der Waals surface area contributed by atoms with Crippen molar-refractivity contribution < 1.29 is 22.4 Å². The minimum absolute atomic E-state index is 0.0379. The molecule has 0 atom stereocenters. The molecule has 0 bridgehead atoms. The van der Waals surface area contributed by atoms with Crippen LogP contribution in [0.5, 0.6) is 0 Å². The summed E-state index contributed by atoms with van der Waals surface area (Å²) in [5.41, 5.74) is -0.511. The Hall–Kier alpha value is -3.81. The van der Waals surface area contributed by atoms with Crippen LogP contribution in [0.15, 0.2) is 36.8 Å². The van der Waals surface area contributed by atoms with Gasteiger partial charge < -0.3 is 4.90 Å². The van der Waals surface area contributed by atoms with Crippen LogP contribution in [0, 0.1) is 17.1 Å². The number of nitriles is 1. The van der Waals surface area contributed by atoms with Crippen molar-refractivity contribution in [3.8, 4) is 17.2 Å². The maximum absolute atomic E-state index is 14.3. The van der Waals surface area contributed by atoms with Gasteiger partial charge in [-0.2, -0.15) is 18.4 Å².